The molecule has 0 spiro atoms. The third-order valence-electron chi connectivity index (χ3n) is 6.22. The number of hydrogen-bond donors (Lipinski definition) is 0. The number of oxime groups is 1. The molecule has 0 fully saturated rings. The second-order valence-corrected chi connectivity index (χ2v) is 9.47. The van der Waals surface area contributed by atoms with E-state index in [1.54, 1.807) is 11.8 Å². The molecule has 0 aliphatic heterocycles. The second-order valence-electron chi connectivity index (χ2n) is 8.59. The van der Waals surface area contributed by atoms with E-state index < -0.39 is 0 Å². The monoisotopic (exact) mass is 482 g/mol. The molecular weight excluding hydrogens is 448 g/mol. The summed E-state index contributed by atoms with van der Waals surface area (Å²) in [6, 6.07) is 34.1. The number of benzene rings is 4. The molecule has 0 radical (unpaired) electrons. The first kappa shape index (κ1) is 25.0. The Morgan fingerprint density at radius 3 is 2.34 bits per heavy atom. The Hall–Kier alpha value is -3.08. The molecule has 0 atom stereocenters. The van der Waals surface area contributed by atoms with Gasteiger partial charge in [-0.3, -0.25) is 4.90 Å². The molecule has 3 nitrogen and oxygen atoms in total. The van der Waals surface area contributed by atoms with E-state index in [9.17, 15) is 0 Å². The van der Waals surface area contributed by atoms with Gasteiger partial charge in [-0.25, -0.2) is 0 Å². The van der Waals surface area contributed by atoms with Crippen LogP contribution in [0.4, 0.5) is 0 Å². The first-order chi connectivity index (χ1) is 17.3. The molecule has 0 heterocycles. The minimum Gasteiger partial charge on any atom is -0.395 e. The van der Waals surface area contributed by atoms with Crippen LogP contribution in [0.3, 0.4) is 0 Å². The van der Waals surface area contributed by atoms with E-state index in [0.717, 1.165) is 49.3 Å². The summed E-state index contributed by atoms with van der Waals surface area (Å²) in [6.07, 6.45) is 4.16. The van der Waals surface area contributed by atoms with E-state index in [2.05, 4.69) is 120 Å². The number of rotatable bonds is 12. The highest BCUT2D eigenvalue weighted by molar-refractivity contribution is 7.98. The first-order valence-electron chi connectivity index (χ1n) is 12.4. The van der Waals surface area contributed by atoms with Crippen molar-refractivity contribution in [1.82, 2.24) is 4.90 Å². The van der Waals surface area contributed by atoms with Gasteiger partial charge in [-0.2, -0.15) is 0 Å². The van der Waals surface area contributed by atoms with E-state index in [4.69, 9.17) is 4.84 Å². The molecular formula is C31H34N2OS. The maximum absolute atomic E-state index is 5.91. The third kappa shape index (κ3) is 6.97. The van der Waals surface area contributed by atoms with Crippen LogP contribution in [0.25, 0.3) is 10.8 Å². The van der Waals surface area contributed by atoms with Crippen LogP contribution in [0.15, 0.2) is 107 Å². The Balaban J connectivity index is 1.42. The maximum atomic E-state index is 5.91. The van der Waals surface area contributed by atoms with Gasteiger partial charge >= 0.3 is 0 Å². The zero-order chi connectivity index (χ0) is 24.3. The molecule has 4 rings (SSSR count). The zero-order valence-corrected chi connectivity index (χ0v) is 21.5. The van der Waals surface area contributed by atoms with Gasteiger partial charge in [-0.05, 0) is 60.7 Å². The molecule has 180 valence electrons. The fourth-order valence-electron chi connectivity index (χ4n) is 4.24. The van der Waals surface area contributed by atoms with Gasteiger partial charge in [-0.1, -0.05) is 97.0 Å². The van der Waals surface area contributed by atoms with Crippen molar-refractivity contribution >= 4 is 28.2 Å². The van der Waals surface area contributed by atoms with Crippen molar-refractivity contribution < 1.29 is 4.84 Å². The highest BCUT2D eigenvalue weighted by atomic mass is 32.2. The SMILES string of the molecule is CCN(CCCCON=C(c1ccc(SC)cc1)c1cccc2ccccc12)Cc1ccccc1. The summed E-state index contributed by atoms with van der Waals surface area (Å²) in [5, 5.41) is 7.06. The number of nitrogens with zero attached hydrogens (tertiary/aromatic N) is 2. The normalized spacial score (nSPS) is 11.8. The van der Waals surface area contributed by atoms with Gasteiger partial charge in [0.25, 0.3) is 0 Å². The molecule has 0 aromatic heterocycles. The molecule has 4 aromatic carbocycles. The smallest absolute Gasteiger partial charge is 0.117 e. The standard InChI is InChI=1S/C31H34N2OS/c1-3-33(24-25-12-5-4-6-13-25)22-9-10-23-34-32-31(27-18-20-28(35-2)21-19-27)30-17-11-15-26-14-7-8-16-29(26)30/h4-8,11-21H,3,9-10,22-24H2,1-2H3. The van der Waals surface area contributed by atoms with Crippen molar-refractivity contribution in [3.05, 3.63) is 114 Å². The van der Waals surface area contributed by atoms with Crippen LogP contribution >= 0.6 is 11.8 Å². The van der Waals surface area contributed by atoms with Crippen molar-refractivity contribution in [2.45, 2.75) is 31.2 Å². The van der Waals surface area contributed by atoms with Crippen LogP contribution in [-0.4, -0.2) is 36.6 Å². The molecule has 4 aromatic rings. The minimum atomic E-state index is 0.611. The average Bonchev–Trinajstić information content (AvgIpc) is 2.92. The van der Waals surface area contributed by atoms with E-state index >= 15 is 0 Å². The molecule has 0 N–H and O–H groups in total. The number of fused-ring (bicyclic) bond motifs is 1. The van der Waals surface area contributed by atoms with Gasteiger partial charge in [0.1, 0.15) is 12.3 Å². The summed E-state index contributed by atoms with van der Waals surface area (Å²) < 4.78 is 0. The highest BCUT2D eigenvalue weighted by Crippen LogP contribution is 2.24. The van der Waals surface area contributed by atoms with Crippen LogP contribution in [0, 0.1) is 0 Å². The summed E-state index contributed by atoms with van der Waals surface area (Å²) in [4.78, 5) is 9.63. The summed E-state index contributed by atoms with van der Waals surface area (Å²) in [7, 11) is 0. The van der Waals surface area contributed by atoms with Crippen LogP contribution in [0.1, 0.15) is 36.5 Å². The molecule has 0 aliphatic rings. The average molecular weight is 483 g/mol. The van der Waals surface area contributed by atoms with Gasteiger partial charge in [0, 0.05) is 22.6 Å². The van der Waals surface area contributed by atoms with Gasteiger partial charge in [-0.15, -0.1) is 11.8 Å². The van der Waals surface area contributed by atoms with Crippen molar-refractivity contribution in [2.24, 2.45) is 5.16 Å². The summed E-state index contributed by atoms with van der Waals surface area (Å²) >= 11 is 1.74. The Morgan fingerprint density at radius 1 is 0.829 bits per heavy atom. The Labute approximate surface area is 213 Å². The van der Waals surface area contributed by atoms with Crippen LogP contribution in [0.5, 0.6) is 0 Å². The predicted octanol–water partition coefficient (Wildman–Crippen LogP) is 7.63. The van der Waals surface area contributed by atoms with E-state index in [1.807, 2.05) is 0 Å². The fourth-order valence-corrected chi connectivity index (χ4v) is 4.65. The number of thioether (sulfide) groups is 1. The number of hydrogen-bond acceptors (Lipinski definition) is 4. The fraction of sp³-hybridized carbons (Fsp3) is 0.258. The molecule has 0 saturated carbocycles. The topological polar surface area (TPSA) is 24.8 Å². The molecule has 0 amide bonds. The van der Waals surface area contributed by atoms with Crippen molar-refractivity contribution in [3.63, 3.8) is 0 Å². The van der Waals surface area contributed by atoms with Crippen molar-refractivity contribution in [3.8, 4) is 0 Å². The lowest BCUT2D eigenvalue weighted by molar-refractivity contribution is 0.136. The number of unbranched alkanes of at least 4 members (excludes halogenated alkanes) is 1. The van der Waals surface area contributed by atoms with E-state index in [0.29, 0.717) is 6.61 Å². The van der Waals surface area contributed by atoms with Gasteiger partial charge in [0.2, 0.25) is 0 Å². The molecule has 35 heavy (non-hydrogen) atoms. The van der Waals surface area contributed by atoms with Crippen LogP contribution in [0.2, 0.25) is 0 Å². The summed E-state index contributed by atoms with van der Waals surface area (Å²) in [5.74, 6) is 0. The largest absolute Gasteiger partial charge is 0.395 e. The van der Waals surface area contributed by atoms with Gasteiger partial charge in [0.05, 0.1) is 0 Å². The molecule has 0 unspecified atom stereocenters. The maximum Gasteiger partial charge on any atom is 0.117 e. The van der Waals surface area contributed by atoms with Crippen molar-refractivity contribution in [2.75, 3.05) is 26.0 Å². The van der Waals surface area contributed by atoms with Gasteiger partial charge in [0.15, 0.2) is 0 Å². The Kier molecular flexibility index (Phi) is 9.39. The molecule has 0 bridgehead atoms. The summed E-state index contributed by atoms with van der Waals surface area (Å²) in [6.45, 7) is 5.94. The van der Waals surface area contributed by atoms with Crippen LogP contribution < -0.4 is 0 Å². The van der Waals surface area contributed by atoms with E-state index in [1.165, 1.54) is 21.2 Å². The predicted molar refractivity (Wildman–Crippen MR) is 150 cm³/mol. The van der Waals surface area contributed by atoms with Crippen LogP contribution in [-0.2, 0) is 11.4 Å². The lowest BCUT2D eigenvalue weighted by Crippen LogP contribution is -2.24. The summed E-state index contributed by atoms with van der Waals surface area (Å²) in [5.41, 5.74) is 4.41. The molecule has 4 heteroatoms. The third-order valence-corrected chi connectivity index (χ3v) is 6.96. The Bertz CT molecular complexity index is 1220. The lowest BCUT2D eigenvalue weighted by Gasteiger charge is -2.20. The molecule has 0 aliphatic carbocycles. The lowest BCUT2D eigenvalue weighted by atomic mass is 9.97. The quantitative estimate of drug-likeness (QED) is 0.0898. The highest BCUT2D eigenvalue weighted by Gasteiger charge is 2.12. The Morgan fingerprint density at radius 2 is 1.57 bits per heavy atom. The second kappa shape index (κ2) is 13.1. The first-order valence-corrected chi connectivity index (χ1v) is 13.6. The minimum absolute atomic E-state index is 0.611. The molecule has 0 saturated heterocycles. The van der Waals surface area contributed by atoms with Gasteiger partial charge < -0.3 is 4.84 Å². The zero-order valence-electron chi connectivity index (χ0n) is 20.7. The van der Waals surface area contributed by atoms with Crippen molar-refractivity contribution in [1.29, 1.82) is 0 Å². The van der Waals surface area contributed by atoms with E-state index in [-0.39, 0.29) is 0 Å².